The summed E-state index contributed by atoms with van der Waals surface area (Å²) in [5.41, 5.74) is 0.143. The molecule has 1 N–H and O–H groups in total. The van der Waals surface area contributed by atoms with Gasteiger partial charge in [0.1, 0.15) is 11.9 Å². The van der Waals surface area contributed by atoms with E-state index in [-0.39, 0.29) is 30.1 Å². The molecule has 0 unspecified atom stereocenters. The number of nitrogens with zero attached hydrogens (tertiary/aromatic N) is 2. The highest BCUT2D eigenvalue weighted by atomic mass is 19.1. The summed E-state index contributed by atoms with van der Waals surface area (Å²) >= 11 is 0. The van der Waals surface area contributed by atoms with Crippen LogP contribution in [0.15, 0.2) is 42.6 Å². The van der Waals surface area contributed by atoms with Gasteiger partial charge in [-0.25, -0.2) is 9.18 Å². The Morgan fingerprint density at radius 3 is 2.92 bits per heavy atom. The van der Waals surface area contributed by atoms with Crippen molar-refractivity contribution in [3.05, 3.63) is 54.1 Å². The number of benzene rings is 1. The first-order chi connectivity index (χ1) is 12.2. The summed E-state index contributed by atoms with van der Waals surface area (Å²) in [6.07, 6.45) is 2.16. The molecule has 0 saturated carbocycles. The number of pyridine rings is 1. The van der Waals surface area contributed by atoms with Crippen LogP contribution in [0.2, 0.25) is 0 Å². The number of nitrogens with one attached hydrogen (secondary N) is 1. The molecular formula is C18H20FN3O3. The van der Waals surface area contributed by atoms with Gasteiger partial charge in [0, 0.05) is 25.2 Å². The molecule has 6 nitrogen and oxygen atoms in total. The number of rotatable bonds is 5. The third-order valence-corrected chi connectivity index (χ3v) is 4.03. The Bertz CT molecular complexity index is 727. The van der Waals surface area contributed by atoms with E-state index in [1.807, 2.05) is 30.3 Å². The first kappa shape index (κ1) is 17.0. The molecule has 1 saturated heterocycles. The molecule has 7 heteroatoms. The Morgan fingerprint density at radius 1 is 1.36 bits per heavy atom. The Hall–Kier alpha value is -2.83. The van der Waals surface area contributed by atoms with Crippen molar-refractivity contribution in [3.8, 4) is 11.5 Å². The fourth-order valence-electron chi connectivity index (χ4n) is 2.72. The van der Waals surface area contributed by atoms with Crippen molar-refractivity contribution in [2.45, 2.75) is 19.1 Å². The average molecular weight is 345 g/mol. The maximum atomic E-state index is 14.0. The van der Waals surface area contributed by atoms with Crippen molar-refractivity contribution >= 4 is 6.03 Å². The molecule has 2 aromatic rings. The number of aromatic nitrogens is 1. The average Bonchev–Trinajstić information content (AvgIpc) is 3.10. The fraction of sp³-hybridized carbons (Fsp3) is 0.333. The van der Waals surface area contributed by atoms with E-state index in [0.717, 1.165) is 12.2 Å². The normalized spacial score (nSPS) is 16.6. The number of hydrogen-bond acceptors (Lipinski definition) is 4. The zero-order valence-electron chi connectivity index (χ0n) is 13.9. The van der Waals surface area contributed by atoms with Crippen molar-refractivity contribution < 1.29 is 18.7 Å². The monoisotopic (exact) mass is 345 g/mol. The Labute approximate surface area is 145 Å². The van der Waals surface area contributed by atoms with Crippen LogP contribution in [0.25, 0.3) is 0 Å². The zero-order chi connectivity index (χ0) is 17.6. The van der Waals surface area contributed by atoms with Gasteiger partial charge in [-0.1, -0.05) is 18.2 Å². The minimum atomic E-state index is -0.558. The predicted molar refractivity (Wildman–Crippen MR) is 90.0 cm³/mol. The maximum Gasteiger partial charge on any atom is 0.317 e. The van der Waals surface area contributed by atoms with Crippen LogP contribution in [0, 0.1) is 5.82 Å². The number of ether oxygens (including phenoxy) is 2. The Kier molecular flexibility index (Phi) is 5.33. The number of halogens is 1. The lowest BCUT2D eigenvalue weighted by molar-refractivity contribution is 0.186. The van der Waals surface area contributed by atoms with E-state index in [1.54, 1.807) is 4.90 Å². The third kappa shape index (κ3) is 4.17. The van der Waals surface area contributed by atoms with Gasteiger partial charge in [0.05, 0.1) is 25.9 Å². The Morgan fingerprint density at radius 2 is 2.16 bits per heavy atom. The largest absolute Gasteiger partial charge is 0.494 e. The molecule has 0 spiro atoms. The van der Waals surface area contributed by atoms with E-state index in [1.165, 1.54) is 19.4 Å². The number of urea groups is 1. The molecule has 0 bridgehead atoms. The van der Waals surface area contributed by atoms with Crippen molar-refractivity contribution in [1.82, 2.24) is 15.2 Å². The van der Waals surface area contributed by atoms with Crippen molar-refractivity contribution in [2.75, 3.05) is 20.2 Å². The molecule has 0 aliphatic carbocycles. The third-order valence-electron chi connectivity index (χ3n) is 4.03. The van der Waals surface area contributed by atoms with E-state index >= 15 is 0 Å². The van der Waals surface area contributed by atoms with Gasteiger partial charge < -0.3 is 19.7 Å². The van der Waals surface area contributed by atoms with E-state index in [2.05, 4.69) is 10.3 Å². The predicted octanol–water partition coefficient (Wildman–Crippen LogP) is 2.59. The number of carbonyl (C=O) groups excluding carboxylic acids is 1. The topological polar surface area (TPSA) is 63.7 Å². The second-order valence-corrected chi connectivity index (χ2v) is 5.72. The molecule has 1 aliphatic rings. The number of carbonyl (C=O) groups is 1. The van der Waals surface area contributed by atoms with Crippen molar-refractivity contribution in [2.24, 2.45) is 0 Å². The molecular weight excluding hydrogens is 325 g/mol. The van der Waals surface area contributed by atoms with Gasteiger partial charge in [-0.05, 0) is 12.1 Å². The molecule has 2 amide bonds. The molecule has 1 atom stereocenters. The van der Waals surface area contributed by atoms with Crippen LogP contribution in [0.3, 0.4) is 0 Å². The SMILES string of the molecule is COc1ccnc(CNC(=O)N2CC[C@H](Oc3ccccc3)C2)c1F. The molecule has 0 radical (unpaired) electrons. The van der Waals surface area contributed by atoms with Crippen molar-refractivity contribution in [3.63, 3.8) is 0 Å². The highest BCUT2D eigenvalue weighted by Crippen LogP contribution is 2.19. The molecule has 1 aromatic heterocycles. The molecule has 1 fully saturated rings. The number of hydrogen-bond donors (Lipinski definition) is 1. The van der Waals surface area contributed by atoms with Gasteiger partial charge in [0.2, 0.25) is 0 Å². The van der Waals surface area contributed by atoms with Crippen LogP contribution in [-0.4, -0.2) is 42.2 Å². The summed E-state index contributed by atoms with van der Waals surface area (Å²) in [5, 5.41) is 2.69. The van der Waals surface area contributed by atoms with Crippen LogP contribution in [0.5, 0.6) is 11.5 Å². The van der Waals surface area contributed by atoms with Crippen LogP contribution in [-0.2, 0) is 6.54 Å². The number of para-hydroxylation sites is 1. The van der Waals surface area contributed by atoms with E-state index in [0.29, 0.717) is 13.1 Å². The van der Waals surface area contributed by atoms with Gasteiger partial charge in [-0.15, -0.1) is 0 Å². The molecule has 25 heavy (non-hydrogen) atoms. The maximum absolute atomic E-state index is 14.0. The summed E-state index contributed by atoms with van der Waals surface area (Å²) in [6.45, 7) is 1.09. The highest BCUT2D eigenvalue weighted by Gasteiger charge is 2.27. The van der Waals surface area contributed by atoms with Crippen LogP contribution >= 0.6 is 0 Å². The van der Waals surface area contributed by atoms with E-state index < -0.39 is 5.82 Å². The lowest BCUT2D eigenvalue weighted by atomic mass is 10.3. The van der Waals surface area contributed by atoms with Gasteiger partial charge in [-0.3, -0.25) is 4.98 Å². The van der Waals surface area contributed by atoms with Gasteiger partial charge in [-0.2, -0.15) is 0 Å². The highest BCUT2D eigenvalue weighted by molar-refractivity contribution is 5.74. The van der Waals surface area contributed by atoms with Crippen LogP contribution < -0.4 is 14.8 Å². The quantitative estimate of drug-likeness (QED) is 0.905. The van der Waals surface area contributed by atoms with E-state index in [4.69, 9.17) is 9.47 Å². The van der Waals surface area contributed by atoms with Crippen LogP contribution in [0.1, 0.15) is 12.1 Å². The Balaban J connectivity index is 1.51. The zero-order valence-corrected chi connectivity index (χ0v) is 13.9. The van der Waals surface area contributed by atoms with E-state index in [9.17, 15) is 9.18 Å². The smallest absolute Gasteiger partial charge is 0.317 e. The van der Waals surface area contributed by atoms with Crippen molar-refractivity contribution in [1.29, 1.82) is 0 Å². The summed E-state index contributed by atoms with van der Waals surface area (Å²) in [4.78, 5) is 17.9. The minimum Gasteiger partial charge on any atom is -0.494 e. The minimum absolute atomic E-state index is 0.00256. The second-order valence-electron chi connectivity index (χ2n) is 5.72. The van der Waals surface area contributed by atoms with Gasteiger partial charge in [0.15, 0.2) is 11.6 Å². The summed E-state index contributed by atoms with van der Waals surface area (Å²) in [5.74, 6) is 0.339. The fourth-order valence-corrected chi connectivity index (χ4v) is 2.72. The summed E-state index contributed by atoms with van der Waals surface area (Å²) < 4.78 is 24.8. The molecule has 132 valence electrons. The molecule has 1 aromatic carbocycles. The lowest BCUT2D eigenvalue weighted by Crippen LogP contribution is -2.39. The molecule has 1 aliphatic heterocycles. The first-order valence-electron chi connectivity index (χ1n) is 8.09. The standard InChI is InChI=1S/C18H20FN3O3/c1-24-16-7-9-20-15(17(16)19)11-21-18(23)22-10-8-14(12-22)25-13-5-3-2-4-6-13/h2-7,9,14H,8,10-12H2,1H3,(H,21,23)/t14-/m0/s1. The molecule has 2 heterocycles. The van der Waals surface area contributed by atoms with Gasteiger partial charge in [0.25, 0.3) is 0 Å². The second kappa shape index (κ2) is 7.83. The lowest BCUT2D eigenvalue weighted by Gasteiger charge is -2.18. The van der Waals surface area contributed by atoms with Crippen LogP contribution in [0.4, 0.5) is 9.18 Å². The number of likely N-dealkylation sites (tertiary alicyclic amines) is 1. The molecule has 3 rings (SSSR count). The number of methoxy groups -OCH3 is 1. The summed E-state index contributed by atoms with van der Waals surface area (Å²) in [6, 6.07) is 10.7. The summed E-state index contributed by atoms with van der Waals surface area (Å²) in [7, 11) is 1.39. The first-order valence-corrected chi connectivity index (χ1v) is 8.09. The number of amides is 2. The van der Waals surface area contributed by atoms with Gasteiger partial charge >= 0.3 is 6.03 Å².